The predicted molar refractivity (Wildman–Crippen MR) is 105 cm³/mol. The van der Waals surface area contributed by atoms with Crippen LogP contribution < -0.4 is 20.5 Å². The number of nitrogens with one attached hydrogen (secondary N) is 2. The zero-order valence-corrected chi connectivity index (χ0v) is 15.7. The highest BCUT2D eigenvalue weighted by Gasteiger charge is 2.14. The lowest BCUT2D eigenvalue weighted by atomic mass is 10.2. The van der Waals surface area contributed by atoms with Crippen LogP contribution in [0, 0.1) is 0 Å². The molecule has 3 aromatic rings. The van der Waals surface area contributed by atoms with E-state index in [1.54, 1.807) is 18.2 Å². The van der Waals surface area contributed by atoms with Crippen LogP contribution in [0.25, 0.3) is 0 Å². The standard InChI is InChI=1S/C19H18N4O4S/c24-17(20-14-6-7-15-16(10-14)27-9-8-26-15)12-28-19-22-21-18(25)23(19)11-13-4-2-1-3-5-13/h1-7,10H,8-9,11-12H2,(H,20,24)(H,21,25). The third-order valence-electron chi connectivity index (χ3n) is 4.07. The minimum absolute atomic E-state index is 0.119. The number of ether oxygens (including phenoxy) is 2. The normalized spacial score (nSPS) is 12.6. The molecular weight excluding hydrogens is 380 g/mol. The molecule has 0 bridgehead atoms. The third-order valence-corrected chi connectivity index (χ3v) is 5.04. The van der Waals surface area contributed by atoms with E-state index >= 15 is 0 Å². The number of rotatable bonds is 6. The number of hydrogen-bond donors (Lipinski definition) is 2. The van der Waals surface area contributed by atoms with E-state index in [9.17, 15) is 9.59 Å². The molecule has 4 rings (SSSR count). The first kappa shape index (κ1) is 18.2. The zero-order chi connectivity index (χ0) is 19.3. The Morgan fingerprint density at radius 2 is 1.93 bits per heavy atom. The summed E-state index contributed by atoms with van der Waals surface area (Å²) in [6.45, 7) is 1.39. The average molecular weight is 398 g/mol. The lowest BCUT2D eigenvalue weighted by Gasteiger charge is -2.18. The molecule has 1 aliphatic heterocycles. The average Bonchev–Trinajstić information content (AvgIpc) is 3.06. The second kappa shape index (κ2) is 8.22. The Morgan fingerprint density at radius 3 is 2.75 bits per heavy atom. The minimum Gasteiger partial charge on any atom is -0.486 e. The Labute approximate surface area is 164 Å². The van der Waals surface area contributed by atoms with Gasteiger partial charge in [0.2, 0.25) is 5.91 Å². The fourth-order valence-electron chi connectivity index (χ4n) is 2.77. The summed E-state index contributed by atoms with van der Waals surface area (Å²) in [7, 11) is 0. The van der Waals surface area contributed by atoms with Gasteiger partial charge in [-0.15, -0.1) is 5.10 Å². The summed E-state index contributed by atoms with van der Waals surface area (Å²) in [6, 6.07) is 14.9. The van der Waals surface area contributed by atoms with Gasteiger partial charge in [-0.25, -0.2) is 9.89 Å². The maximum absolute atomic E-state index is 12.3. The summed E-state index contributed by atoms with van der Waals surface area (Å²) >= 11 is 1.20. The van der Waals surface area contributed by atoms with E-state index in [0.717, 1.165) is 5.56 Å². The fraction of sp³-hybridized carbons (Fsp3) is 0.211. The van der Waals surface area contributed by atoms with E-state index in [1.807, 2.05) is 30.3 Å². The van der Waals surface area contributed by atoms with Gasteiger partial charge >= 0.3 is 5.69 Å². The van der Waals surface area contributed by atoms with Crippen molar-refractivity contribution < 1.29 is 14.3 Å². The molecule has 1 aromatic heterocycles. The van der Waals surface area contributed by atoms with Crippen molar-refractivity contribution in [3.63, 3.8) is 0 Å². The highest BCUT2D eigenvalue weighted by Crippen LogP contribution is 2.32. The predicted octanol–water partition coefficient (Wildman–Crippen LogP) is 2.12. The van der Waals surface area contributed by atoms with Gasteiger partial charge in [-0.2, -0.15) is 0 Å². The Hall–Kier alpha value is -3.20. The van der Waals surface area contributed by atoms with Gasteiger partial charge in [-0.3, -0.25) is 9.36 Å². The number of aromatic amines is 1. The number of nitrogens with zero attached hydrogens (tertiary/aromatic N) is 2. The van der Waals surface area contributed by atoms with Gasteiger partial charge in [-0.05, 0) is 17.7 Å². The number of thioether (sulfide) groups is 1. The van der Waals surface area contributed by atoms with Crippen LogP contribution in [0.2, 0.25) is 0 Å². The van der Waals surface area contributed by atoms with Gasteiger partial charge in [0, 0.05) is 11.8 Å². The number of aromatic nitrogens is 3. The molecule has 0 atom stereocenters. The molecule has 9 heteroatoms. The second-order valence-corrected chi connectivity index (χ2v) is 7.02. The Balaban J connectivity index is 1.38. The largest absolute Gasteiger partial charge is 0.486 e. The molecule has 144 valence electrons. The molecule has 2 heterocycles. The number of anilines is 1. The Bertz CT molecular complexity index is 1030. The molecular formula is C19H18N4O4S. The van der Waals surface area contributed by atoms with Crippen LogP contribution in [-0.4, -0.2) is 39.6 Å². The highest BCUT2D eigenvalue weighted by atomic mass is 32.2. The number of carbonyl (C=O) groups is 1. The smallest absolute Gasteiger partial charge is 0.344 e. The van der Waals surface area contributed by atoms with Crippen molar-refractivity contribution in [1.82, 2.24) is 14.8 Å². The van der Waals surface area contributed by atoms with Crippen LogP contribution in [0.1, 0.15) is 5.56 Å². The summed E-state index contributed by atoms with van der Waals surface area (Å²) in [4.78, 5) is 24.3. The van der Waals surface area contributed by atoms with Gasteiger partial charge in [0.1, 0.15) is 13.2 Å². The molecule has 0 unspecified atom stereocenters. The van der Waals surface area contributed by atoms with Gasteiger partial charge in [0.15, 0.2) is 16.7 Å². The second-order valence-electron chi connectivity index (χ2n) is 6.08. The lowest BCUT2D eigenvalue weighted by molar-refractivity contribution is -0.113. The van der Waals surface area contributed by atoms with Crippen molar-refractivity contribution in [2.45, 2.75) is 11.7 Å². The van der Waals surface area contributed by atoms with Gasteiger partial charge in [-0.1, -0.05) is 42.1 Å². The number of H-pyrrole nitrogens is 1. The van der Waals surface area contributed by atoms with E-state index in [0.29, 0.717) is 42.1 Å². The molecule has 0 fully saturated rings. The first-order valence-corrected chi connectivity index (χ1v) is 9.69. The first-order chi connectivity index (χ1) is 13.7. The van der Waals surface area contributed by atoms with E-state index in [-0.39, 0.29) is 17.3 Å². The van der Waals surface area contributed by atoms with E-state index in [2.05, 4.69) is 15.5 Å². The minimum atomic E-state index is -0.307. The number of amides is 1. The number of benzene rings is 2. The SMILES string of the molecule is O=C(CSc1n[nH]c(=O)n1Cc1ccccc1)Nc1ccc2c(c1)OCCO2. The van der Waals surface area contributed by atoms with Crippen molar-refractivity contribution in [3.8, 4) is 11.5 Å². The van der Waals surface area contributed by atoms with Crippen molar-refractivity contribution in [3.05, 3.63) is 64.6 Å². The van der Waals surface area contributed by atoms with Crippen LogP contribution in [-0.2, 0) is 11.3 Å². The first-order valence-electron chi connectivity index (χ1n) is 8.70. The van der Waals surface area contributed by atoms with Crippen LogP contribution in [0.5, 0.6) is 11.5 Å². The number of fused-ring (bicyclic) bond motifs is 1. The maximum Gasteiger partial charge on any atom is 0.344 e. The maximum atomic E-state index is 12.3. The monoisotopic (exact) mass is 398 g/mol. The molecule has 8 nitrogen and oxygen atoms in total. The topological polar surface area (TPSA) is 98.2 Å². The summed E-state index contributed by atoms with van der Waals surface area (Å²) in [5.41, 5.74) is 1.30. The molecule has 2 N–H and O–H groups in total. The molecule has 28 heavy (non-hydrogen) atoms. The molecule has 0 aliphatic carbocycles. The third kappa shape index (κ3) is 4.20. The fourth-order valence-corrected chi connectivity index (χ4v) is 3.51. The summed E-state index contributed by atoms with van der Waals surface area (Å²) < 4.78 is 12.5. The van der Waals surface area contributed by atoms with Crippen molar-refractivity contribution in [2.24, 2.45) is 0 Å². The number of carbonyl (C=O) groups excluding carboxylic acids is 1. The van der Waals surface area contributed by atoms with E-state index in [4.69, 9.17) is 9.47 Å². The molecule has 0 radical (unpaired) electrons. The molecule has 1 amide bonds. The molecule has 0 saturated heterocycles. The van der Waals surface area contributed by atoms with Crippen molar-refractivity contribution >= 4 is 23.4 Å². The molecule has 2 aromatic carbocycles. The lowest BCUT2D eigenvalue weighted by Crippen LogP contribution is -2.19. The van der Waals surface area contributed by atoms with Gasteiger partial charge < -0.3 is 14.8 Å². The molecule has 0 saturated carbocycles. The van der Waals surface area contributed by atoms with E-state index in [1.165, 1.54) is 16.3 Å². The summed E-state index contributed by atoms with van der Waals surface area (Å²) in [5.74, 6) is 1.19. The van der Waals surface area contributed by atoms with Gasteiger partial charge in [0.25, 0.3) is 0 Å². The quantitative estimate of drug-likeness (QED) is 0.617. The van der Waals surface area contributed by atoms with Gasteiger partial charge in [0.05, 0.1) is 12.3 Å². The van der Waals surface area contributed by atoms with Crippen LogP contribution in [0.15, 0.2) is 58.5 Å². The van der Waals surface area contributed by atoms with Crippen LogP contribution in [0.3, 0.4) is 0 Å². The van der Waals surface area contributed by atoms with Crippen molar-refractivity contribution in [1.29, 1.82) is 0 Å². The number of hydrogen-bond acceptors (Lipinski definition) is 6. The highest BCUT2D eigenvalue weighted by molar-refractivity contribution is 7.99. The molecule has 1 aliphatic rings. The van der Waals surface area contributed by atoms with Crippen molar-refractivity contribution in [2.75, 3.05) is 24.3 Å². The van der Waals surface area contributed by atoms with Crippen LogP contribution in [0.4, 0.5) is 5.69 Å². The zero-order valence-electron chi connectivity index (χ0n) is 14.9. The summed E-state index contributed by atoms with van der Waals surface area (Å²) in [5, 5.41) is 9.74. The molecule has 0 spiro atoms. The van der Waals surface area contributed by atoms with E-state index < -0.39 is 0 Å². The summed E-state index contributed by atoms with van der Waals surface area (Å²) in [6.07, 6.45) is 0. The van der Waals surface area contributed by atoms with Crippen LogP contribution >= 0.6 is 11.8 Å². The Kier molecular flexibility index (Phi) is 5.34. The Morgan fingerprint density at radius 1 is 1.14 bits per heavy atom.